The summed E-state index contributed by atoms with van der Waals surface area (Å²) in [6.07, 6.45) is 2.44. The van der Waals surface area contributed by atoms with Crippen LogP contribution in [0.1, 0.15) is 0 Å². The van der Waals surface area contributed by atoms with Crippen molar-refractivity contribution in [3.63, 3.8) is 0 Å². The van der Waals surface area contributed by atoms with Crippen LogP contribution in [0.15, 0.2) is 48.8 Å². The van der Waals surface area contributed by atoms with E-state index in [1.807, 2.05) is 0 Å². The number of hydrogen-bond donors (Lipinski definition) is 3. The highest BCUT2D eigenvalue weighted by molar-refractivity contribution is 5.99. The van der Waals surface area contributed by atoms with Crippen LogP contribution in [0.3, 0.4) is 0 Å². The van der Waals surface area contributed by atoms with Crippen molar-refractivity contribution >= 4 is 22.4 Å². The molecule has 3 heterocycles. The first-order valence-electron chi connectivity index (χ1n) is 7.57. The number of aromatic hydroxyl groups is 1. The number of nitrogens with zero attached hydrogens (tertiary/aromatic N) is 2. The van der Waals surface area contributed by atoms with Crippen LogP contribution < -0.4 is 5.32 Å². The molecule has 5 nitrogen and oxygen atoms in total. The largest absolute Gasteiger partial charge is 0.494 e. The number of fused-ring (bicyclic) bond motifs is 1. The van der Waals surface area contributed by atoms with E-state index in [9.17, 15) is 18.3 Å². The molecule has 4 rings (SSSR count). The lowest BCUT2D eigenvalue weighted by Gasteiger charge is -2.11. The molecule has 0 unspecified atom stereocenters. The predicted molar refractivity (Wildman–Crippen MR) is 90.6 cm³/mol. The number of halogens is 3. The Labute approximate surface area is 145 Å². The molecule has 0 fully saturated rings. The molecule has 130 valence electrons. The summed E-state index contributed by atoms with van der Waals surface area (Å²) in [4.78, 5) is 10.7. The van der Waals surface area contributed by atoms with Crippen LogP contribution in [0.2, 0.25) is 0 Å². The molecule has 0 aliphatic carbocycles. The zero-order valence-corrected chi connectivity index (χ0v) is 13.1. The molecule has 26 heavy (non-hydrogen) atoms. The average molecular weight is 356 g/mol. The van der Waals surface area contributed by atoms with Crippen molar-refractivity contribution in [1.82, 2.24) is 15.0 Å². The van der Waals surface area contributed by atoms with Crippen molar-refractivity contribution in [3.05, 3.63) is 66.2 Å². The molecular weight excluding hydrogens is 345 g/mol. The Hall–Kier alpha value is -3.55. The van der Waals surface area contributed by atoms with E-state index in [0.717, 1.165) is 18.3 Å². The summed E-state index contributed by atoms with van der Waals surface area (Å²) in [5.41, 5.74) is 0.361. The Kier molecular flexibility index (Phi) is 3.72. The Bertz CT molecular complexity index is 1090. The lowest BCUT2D eigenvalue weighted by Crippen LogP contribution is -1.98. The molecule has 4 aromatic rings. The maximum atomic E-state index is 14.1. The second kappa shape index (κ2) is 6.07. The molecule has 0 bridgehead atoms. The zero-order valence-electron chi connectivity index (χ0n) is 13.1. The minimum absolute atomic E-state index is 0.0386. The van der Waals surface area contributed by atoms with Crippen molar-refractivity contribution in [3.8, 4) is 17.1 Å². The number of pyridine rings is 2. The molecule has 3 N–H and O–H groups in total. The van der Waals surface area contributed by atoms with Crippen molar-refractivity contribution in [1.29, 1.82) is 0 Å². The van der Waals surface area contributed by atoms with E-state index in [0.29, 0.717) is 22.4 Å². The number of aromatic nitrogens is 3. The lowest BCUT2D eigenvalue weighted by molar-refractivity contribution is 0.463. The van der Waals surface area contributed by atoms with Crippen LogP contribution in [0.4, 0.5) is 24.7 Å². The lowest BCUT2D eigenvalue weighted by atomic mass is 10.1. The molecule has 0 radical (unpaired) electrons. The van der Waals surface area contributed by atoms with Gasteiger partial charge in [0, 0.05) is 6.20 Å². The van der Waals surface area contributed by atoms with Crippen LogP contribution in [0.5, 0.6) is 5.88 Å². The highest BCUT2D eigenvalue weighted by atomic mass is 19.1. The van der Waals surface area contributed by atoms with E-state index in [4.69, 9.17) is 0 Å². The molecule has 0 aliphatic heterocycles. The Morgan fingerprint density at radius 1 is 1.04 bits per heavy atom. The number of H-pyrrole nitrogens is 1. The summed E-state index contributed by atoms with van der Waals surface area (Å²) in [5, 5.41) is 13.2. The molecule has 0 aliphatic rings. The fraction of sp³-hybridized carbons (Fsp3) is 0. The minimum atomic E-state index is -0.762. The molecule has 0 spiro atoms. The molecule has 3 aromatic heterocycles. The molecule has 1 aromatic carbocycles. The standard InChI is InChI=1S/C18H11F3N4O/c19-9-4-5-15(22-7-9)25-13-6-12(16-10(20)2-1-3-11(16)21)24-14-8-23-18(26)17(13)14/h1-8,23,26H,(H,22,25). The van der Waals surface area contributed by atoms with Gasteiger partial charge in [-0.3, -0.25) is 0 Å². The fourth-order valence-electron chi connectivity index (χ4n) is 2.68. The van der Waals surface area contributed by atoms with E-state index >= 15 is 0 Å². The quantitative estimate of drug-likeness (QED) is 0.506. The summed E-state index contributed by atoms with van der Waals surface area (Å²) >= 11 is 0. The maximum absolute atomic E-state index is 14.1. The van der Waals surface area contributed by atoms with Crippen LogP contribution in [0, 0.1) is 17.5 Å². The van der Waals surface area contributed by atoms with Gasteiger partial charge in [-0.2, -0.15) is 0 Å². The topological polar surface area (TPSA) is 73.8 Å². The molecule has 0 amide bonds. The van der Waals surface area contributed by atoms with Crippen molar-refractivity contribution < 1.29 is 18.3 Å². The van der Waals surface area contributed by atoms with Crippen LogP contribution in [-0.2, 0) is 0 Å². The van der Waals surface area contributed by atoms with Crippen LogP contribution >= 0.6 is 0 Å². The van der Waals surface area contributed by atoms with E-state index < -0.39 is 17.5 Å². The number of benzene rings is 1. The Morgan fingerprint density at radius 2 is 1.81 bits per heavy atom. The summed E-state index contributed by atoms with van der Waals surface area (Å²) < 4.78 is 41.3. The van der Waals surface area contributed by atoms with Crippen molar-refractivity contribution in [2.75, 3.05) is 5.32 Å². The Balaban J connectivity index is 1.90. The van der Waals surface area contributed by atoms with Crippen molar-refractivity contribution in [2.24, 2.45) is 0 Å². The maximum Gasteiger partial charge on any atom is 0.200 e. The van der Waals surface area contributed by atoms with Gasteiger partial charge < -0.3 is 15.4 Å². The van der Waals surface area contributed by atoms with Gasteiger partial charge in [0.2, 0.25) is 0 Å². The van der Waals surface area contributed by atoms with E-state index in [2.05, 4.69) is 20.3 Å². The summed E-state index contributed by atoms with van der Waals surface area (Å²) in [7, 11) is 0. The predicted octanol–water partition coefficient (Wildman–Crippen LogP) is 4.49. The third-order valence-corrected chi connectivity index (χ3v) is 3.84. The first-order valence-corrected chi connectivity index (χ1v) is 7.57. The normalized spacial score (nSPS) is 11.0. The highest BCUT2D eigenvalue weighted by Crippen LogP contribution is 2.36. The summed E-state index contributed by atoms with van der Waals surface area (Å²) in [5.74, 6) is -1.91. The van der Waals surface area contributed by atoms with E-state index in [-0.39, 0.29) is 17.1 Å². The van der Waals surface area contributed by atoms with Crippen LogP contribution in [-0.4, -0.2) is 20.1 Å². The highest BCUT2D eigenvalue weighted by Gasteiger charge is 2.18. The van der Waals surface area contributed by atoms with Gasteiger partial charge in [0.1, 0.15) is 23.3 Å². The van der Waals surface area contributed by atoms with Crippen molar-refractivity contribution in [2.45, 2.75) is 0 Å². The monoisotopic (exact) mass is 356 g/mol. The molecule has 0 saturated carbocycles. The second-order valence-electron chi connectivity index (χ2n) is 5.54. The van der Waals surface area contributed by atoms with Gasteiger partial charge in [0.05, 0.1) is 34.0 Å². The van der Waals surface area contributed by atoms with Gasteiger partial charge in [-0.1, -0.05) is 6.07 Å². The number of aromatic amines is 1. The van der Waals surface area contributed by atoms with Gasteiger partial charge in [-0.05, 0) is 30.3 Å². The molecule has 8 heteroatoms. The van der Waals surface area contributed by atoms with E-state index in [1.165, 1.54) is 30.5 Å². The van der Waals surface area contributed by atoms with Crippen LogP contribution in [0.25, 0.3) is 22.2 Å². The smallest absolute Gasteiger partial charge is 0.200 e. The number of anilines is 2. The Morgan fingerprint density at radius 3 is 2.50 bits per heavy atom. The first kappa shape index (κ1) is 15.9. The number of hydrogen-bond acceptors (Lipinski definition) is 4. The molecule has 0 saturated heterocycles. The zero-order chi connectivity index (χ0) is 18.3. The summed E-state index contributed by atoms with van der Waals surface area (Å²) in [6, 6.07) is 7.52. The first-order chi connectivity index (χ1) is 12.5. The molecular formula is C18H11F3N4O. The third kappa shape index (κ3) is 2.71. The SMILES string of the molecule is Oc1[nH]cc2nc(-c3c(F)cccc3F)cc(Nc3ccc(F)cn3)c12. The van der Waals surface area contributed by atoms with Gasteiger partial charge in [0.25, 0.3) is 0 Å². The summed E-state index contributed by atoms with van der Waals surface area (Å²) in [6.45, 7) is 0. The van der Waals surface area contributed by atoms with E-state index in [1.54, 1.807) is 0 Å². The fourth-order valence-corrected chi connectivity index (χ4v) is 2.68. The number of nitrogens with one attached hydrogen (secondary N) is 2. The third-order valence-electron chi connectivity index (χ3n) is 3.84. The van der Waals surface area contributed by atoms with Gasteiger partial charge in [0.15, 0.2) is 5.88 Å². The van der Waals surface area contributed by atoms with Gasteiger partial charge in [-0.25, -0.2) is 23.1 Å². The average Bonchev–Trinajstić information content (AvgIpc) is 2.98. The second-order valence-corrected chi connectivity index (χ2v) is 5.54. The number of rotatable bonds is 3. The molecule has 0 atom stereocenters. The minimum Gasteiger partial charge on any atom is -0.494 e. The van der Waals surface area contributed by atoms with Gasteiger partial charge >= 0.3 is 0 Å². The van der Waals surface area contributed by atoms with Gasteiger partial charge in [-0.15, -0.1) is 0 Å².